The number of likely N-dealkylation sites (tertiary alicyclic amines) is 1. The third-order valence-corrected chi connectivity index (χ3v) is 4.66. The Balaban J connectivity index is 1.85. The second-order valence-electron chi connectivity index (χ2n) is 4.94. The number of nitrogens with one attached hydrogen (secondary N) is 1. The molecule has 1 N–H and O–H groups in total. The van der Waals surface area contributed by atoms with E-state index in [9.17, 15) is 4.79 Å². The Kier molecular flexibility index (Phi) is 4.14. The normalized spacial score (nSPS) is 24.3. The van der Waals surface area contributed by atoms with Crippen LogP contribution in [0.2, 0.25) is 0 Å². The molecule has 0 aromatic rings. The van der Waals surface area contributed by atoms with Crippen molar-refractivity contribution in [2.45, 2.75) is 26.2 Å². The monoisotopic (exact) mass is 242 g/mol. The molecule has 2 saturated heterocycles. The Morgan fingerprint density at radius 1 is 1.44 bits per heavy atom. The minimum absolute atomic E-state index is 0.319. The standard InChI is InChI=1S/C12H22N2OS/c1-2-16-8-7-14-10-12(9-11(14)15)3-5-13-6-4-12/h13H,2-10H2,1H3. The van der Waals surface area contributed by atoms with Crippen LogP contribution in [0.5, 0.6) is 0 Å². The van der Waals surface area contributed by atoms with Crippen LogP contribution in [0.25, 0.3) is 0 Å². The van der Waals surface area contributed by atoms with Gasteiger partial charge in [-0.25, -0.2) is 0 Å². The van der Waals surface area contributed by atoms with Gasteiger partial charge in [0.15, 0.2) is 0 Å². The zero-order valence-corrected chi connectivity index (χ0v) is 10.9. The highest BCUT2D eigenvalue weighted by Crippen LogP contribution is 2.39. The van der Waals surface area contributed by atoms with Crippen LogP contribution in [-0.2, 0) is 4.79 Å². The van der Waals surface area contributed by atoms with Crippen LogP contribution >= 0.6 is 11.8 Å². The zero-order chi connectivity index (χ0) is 11.4. The van der Waals surface area contributed by atoms with Crippen molar-refractivity contribution in [2.75, 3.05) is 37.7 Å². The summed E-state index contributed by atoms with van der Waals surface area (Å²) in [5.74, 6) is 2.63. The molecule has 1 spiro atoms. The van der Waals surface area contributed by atoms with Crippen LogP contribution in [0.3, 0.4) is 0 Å². The van der Waals surface area contributed by atoms with Crippen LogP contribution in [0.1, 0.15) is 26.2 Å². The first-order valence-corrected chi connectivity index (χ1v) is 7.47. The van der Waals surface area contributed by atoms with Crippen LogP contribution in [0.15, 0.2) is 0 Å². The van der Waals surface area contributed by atoms with Crippen molar-refractivity contribution in [3.8, 4) is 0 Å². The molecule has 0 unspecified atom stereocenters. The summed E-state index contributed by atoms with van der Waals surface area (Å²) in [5, 5.41) is 3.38. The minimum Gasteiger partial charge on any atom is -0.341 e. The molecule has 0 bridgehead atoms. The van der Waals surface area contributed by atoms with Crippen molar-refractivity contribution < 1.29 is 4.79 Å². The number of nitrogens with zero attached hydrogens (tertiary/aromatic N) is 1. The van der Waals surface area contributed by atoms with Gasteiger partial charge in [-0.1, -0.05) is 6.92 Å². The first-order chi connectivity index (χ1) is 7.76. The summed E-state index contributed by atoms with van der Waals surface area (Å²) in [5.41, 5.74) is 0.319. The predicted octanol–water partition coefficient (Wildman–Crippen LogP) is 1.34. The molecule has 2 fully saturated rings. The third kappa shape index (κ3) is 2.72. The van der Waals surface area contributed by atoms with Gasteiger partial charge >= 0.3 is 0 Å². The summed E-state index contributed by atoms with van der Waals surface area (Å²) in [6, 6.07) is 0. The summed E-state index contributed by atoms with van der Waals surface area (Å²) >= 11 is 1.93. The number of rotatable bonds is 4. The molecule has 0 radical (unpaired) electrons. The molecule has 3 nitrogen and oxygen atoms in total. The maximum atomic E-state index is 11.9. The number of amides is 1. The second-order valence-corrected chi connectivity index (χ2v) is 6.33. The van der Waals surface area contributed by atoms with E-state index in [1.165, 1.54) is 12.8 Å². The molecule has 2 rings (SSSR count). The lowest BCUT2D eigenvalue weighted by atomic mass is 9.78. The molecule has 2 aliphatic heterocycles. The molecular formula is C12H22N2OS. The van der Waals surface area contributed by atoms with Crippen LogP contribution in [-0.4, -0.2) is 48.5 Å². The molecule has 1 amide bonds. The van der Waals surface area contributed by atoms with E-state index < -0.39 is 0 Å². The SMILES string of the molecule is CCSCCN1CC2(CCNCC2)CC1=O. The summed E-state index contributed by atoms with van der Waals surface area (Å²) in [7, 11) is 0. The molecular weight excluding hydrogens is 220 g/mol. The van der Waals surface area contributed by atoms with Gasteiger partial charge < -0.3 is 10.2 Å². The molecule has 4 heteroatoms. The highest BCUT2D eigenvalue weighted by Gasteiger charge is 2.43. The lowest BCUT2D eigenvalue weighted by Gasteiger charge is -2.33. The second kappa shape index (κ2) is 5.41. The van der Waals surface area contributed by atoms with Crippen molar-refractivity contribution in [1.29, 1.82) is 0 Å². The summed E-state index contributed by atoms with van der Waals surface area (Å²) in [6.45, 7) is 6.31. The van der Waals surface area contributed by atoms with Gasteiger partial charge in [0.1, 0.15) is 0 Å². The van der Waals surface area contributed by atoms with Gasteiger partial charge in [-0.3, -0.25) is 4.79 Å². The molecule has 2 aliphatic rings. The fourth-order valence-corrected chi connectivity index (χ4v) is 3.43. The molecule has 0 atom stereocenters. The first kappa shape index (κ1) is 12.2. The molecule has 0 aliphatic carbocycles. The summed E-state index contributed by atoms with van der Waals surface area (Å²) in [4.78, 5) is 14.0. The predicted molar refractivity (Wildman–Crippen MR) is 68.7 cm³/mol. The van der Waals surface area contributed by atoms with Gasteiger partial charge in [-0.15, -0.1) is 0 Å². The van der Waals surface area contributed by atoms with Gasteiger partial charge in [0.05, 0.1) is 0 Å². The largest absolute Gasteiger partial charge is 0.341 e. The van der Waals surface area contributed by atoms with Crippen LogP contribution in [0.4, 0.5) is 0 Å². The van der Waals surface area contributed by atoms with Gasteiger partial charge in [0.2, 0.25) is 5.91 Å². The number of carbonyl (C=O) groups is 1. The van der Waals surface area contributed by atoms with E-state index in [0.717, 1.165) is 44.1 Å². The third-order valence-electron chi connectivity index (χ3n) is 3.78. The van der Waals surface area contributed by atoms with Gasteiger partial charge in [-0.2, -0.15) is 11.8 Å². The Morgan fingerprint density at radius 3 is 2.88 bits per heavy atom. The minimum atomic E-state index is 0.319. The van der Waals surface area contributed by atoms with E-state index in [-0.39, 0.29) is 0 Å². The van der Waals surface area contributed by atoms with Gasteiger partial charge in [0.25, 0.3) is 0 Å². The van der Waals surface area contributed by atoms with E-state index in [1.807, 2.05) is 11.8 Å². The van der Waals surface area contributed by atoms with E-state index in [1.54, 1.807) is 0 Å². The Hall–Kier alpha value is -0.220. The molecule has 16 heavy (non-hydrogen) atoms. The number of piperidine rings is 1. The zero-order valence-electron chi connectivity index (χ0n) is 10.1. The lowest BCUT2D eigenvalue weighted by Crippen LogP contribution is -2.39. The van der Waals surface area contributed by atoms with Crippen molar-refractivity contribution in [1.82, 2.24) is 10.2 Å². The topological polar surface area (TPSA) is 32.3 Å². The molecule has 0 aromatic heterocycles. The fourth-order valence-electron chi connectivity index (χ4n) is 2.80. The summed E-state index contributed by atoms with van der Waals surface area (Å²) < 4.78 is 0. The molecule has 0 aromatic carbocycles. The van der Waals surface area contributed by atoms with E-state index in [4.69, 9.17) is 0 Å². The average molecular weight is 242 g/mol. The Labute approximate surface area is 102 Å². The quantitative estimate of drug-likeness (QED) is 0.755. The average Bonchev–Trinajstić information content (AvgIpc) is 2.57. The van der Waals surface area contributed by atoms with Crippen molar-refractivity contribution in [2.24, 2.45) is 5.41 Å². The highest BCUT2D eigenvalue weighted by molar-refractivity contribution is 7.99. The van der Waals surface area contributed by atoms with Gasteiger partial charge in [0, 0.05) is 25.3 Å². The Bertz CT molecular complexity index is 251. The van der Waals surface area contributed by atoms with Crippen LogP contribution < -0.4 is 5.32 Å². The highest BCUT2D eigenvalue weighted by atomic mass is 32.2. The van der Waals surface area contributed by atoms with E-state index in [2.05, 4.69) is 17.1 Å². The smallest absolute Gasteiger partial charge is 0.223 e. The number of thioether (sulfide) groups is 1. The molecule has 0 saturated carbocycles. The molecule has 2 heterocycles. The van der Waals surface area contributed by atoms with E-state index in [0.29, 0.717) is 11.3 Å². The fraction of sp³-hybridized carbons (Fsp3) is 0.917. The first-order valence-electron chi connectivity index (χ1n) is 6.32. The van der Waals surface area contributed by atoms with Crippen molar-refractivity contribution in [3.63, 3.8) is 0 Å². The molecule has 92 valence electrons. The Morgan fingerprint density at radius 2 is 2.19 bits per heavy atom. The van der Waals surface area contributed by atoms with Crippen molar-refractivity contribution >= 4 is 17.7 Å². The van der Waals surface area contributed by atoms with Crippen molar-refractivity contribution in [3.05, 3.63) is 0 Å². The number of hydrogen-bond donors (Lipinski definition) is 1. The maximum absolute atomic E-state index is 11.9. The summed E-state index contributed by atoms with van der Waals surface area (Å²) in [6.07, 6.45) is 3.15. The van der Waals surface area contributed by atoms with E-state index >= 15 is 0 Å². The lowest BCUT2D eigenvalue weighted by molar-refractivity contribution is -0.127. The van der Waals surface area contributed by atoms with Crippen LogP contribution in [0, 0.1) is 5.41 Å². The maximum Gasteiger partial charge on any atom is 0.223 e. The number of carbonyl (C=O) groups excluding carboxylic acids is 1. The van der Waals surface area contributed by atoms with Gasteiger partial charge in [-0.05, 0) is 37.1 Å². The number of hydrogen-bond acceptors (Lipinski definition) is 3.